The largest absolute Gasteiger partial charge is 0.444 e. The number of hydrogen-bond acceptors (Lipinski definition) is 3. The van der Waals surface area contributed by atoms with E-state index in [9.17, 15) is 4.79 Å². The van der Waals surface area contributed by atoms with Gasteiger partial charge in [-0.05, 0) is 46.1 Å². The van der Waals surface area contributed by atoms with Gasteiger partial charge in [-0.15, -0.1) is 0 Å². The monoisotopic (exact) mass is 312 g/mol. The minimum atomic E-state index is -1.47. The number of ether oxygens (including phenoxy) is 1. The summed E-state index contributed by atoms with van der Waals surface area (Å²) in [6, 6.07) is 0. The summed E-state index contributed by atoms with van der Waals surface area (Å²) in [6.45, 7) is 16.1. The zero-order chi connectivity index (χ0) is 16.0. The minimum absolute atomic E-state index is 0.103. The molecule has 0 spiro atoms. The van der Waals surface area contributed by atoms with E-state index >= 15 is 0 Å². The van der Waals surface area contributed by atoms with E-state index in [1.807, 2.05) is 20.8 Å². The first-order chi connectivity index (χ1) is 9.47. The van der Waals surface area contributed by atoms with E-state index in [2.05, 4.69) is 36.5 Å². The summed E-state index contributed by atoms with van der Waals surface area (Å²) in [4.78, 5) is 17.2. The third-order valence-electron chi connectivity index (χ3n) is 4.50. The summed E-state index contributed by atoms with van der Waals surface area (Å²) in [6.07, 6.45) is 1.17. The molecule has 3 atom stereocenters. The predicted molar refractivity (Wildman–Crippen MR) is 89.2 cm³/mol. The van der Waals surface area contributed by atoms with Crippen LogP contribution < -0.4 is 0 Å². The Bertz CT molecular complexity index is 398. The molecule has 2 aliphatic heterocycles. The van der Waals surface area contributed by atoms with Crippen molar-refractivity contribution < 1.29 is 9.53 Å². The third-order valence-corrected chi connectivity index (χ3v) is 7.06. The van der Waals surface area contributed by atoms with Crippen molar-refractivity contribution in [3.8, 4) is 0 Å². The number of carbonyl (C=O) groups is 1. The molecule has 0 N–H and O–H groups in total. The second kappa shape index (κ2) is 5.58. The van der Waals surface area contributed by atoms with Gasteiger partial charge in [0.2, 0.25) is 0 Å². The maximum Gasteiger partial charge on any atom is 0.410 e. The highest BCUT2D eigenvalue weighted by Crippen LogP contribution is 2.37. The summed E-state index contributed by atoms with van der Waals surface area (Å²) in [5.41, 5.74) is -0.0175. The maximum atomic E-state index is 12.7. The van der Waals surface area contributed by atoms with Crippen LogP contribution in [0.4, 0.5) is 4.79 Å². The number of piperidine rings is 2. The maximum absolute atomic E-state index is 12.7. The molecular weight excluding hydrogens is 280 g/mol. The van der Waals surface area contributed by atoms with Crippen LogP contribution in [0.3, 0.4) is 0 Å². The van der Waals surface area contributed by atoms with Crippen molar-refractivity contribution >= 4 is 14.2 Å². The molecule has 2 fully saturated rings. The fourth-order valence-electron chi connectivity index (χ4n) is 4.18. The molecule has 122 valence electrons. The summed E-state index contributed by atoms with van der Waals surface area (Å²) < 4.78 is 5.69. The van der Waals surface area contributed by atoms with E-state index in [-0.39, 0.29) is 6.09 Å². The Balaban J connectivity index is 2.23. The molecule has 0 unspecified atom stereocenters. The smallest absolute Gasteiger partial charge is 0.410 e. The normalized spacial score (nSPS) is 31.2. The Morgan fingerprint density at radius 2 is 1.76 bits per heavy atom. The molecule has 0 aromatic heterocycles. The molecule has 2 heterocycles. The van der Waals surface area contributed by atoms with Gasteiger partial charge in [-0.3, -0.25) is 0 Å². The Morgan fingerprint density at radius 1 is 1.14 bits per heavy atom. The Labute approximate surface area is 130 Å². The highest BCUT2D eigenvalue weighted by Gasteiger charge is 2.48. The zero-order valence-electron chi connectivity index (χ0n) is 14.8. The predicted octanol–water partition coefficient (Wildman–Crippen LogP) is 3.05. The van der Waals surface area contributed by atoms with Crippen LogP contribution in [-0.4, -0.2) is 61.9 Å². The molecule has 1 amide bonds. The van der Waals surface area contributed by atoms with Crippen LogP contribution in [-0.2, 0) is 4.74 Å². The van der Waals surface area contributed by atoms with Crippen molar-refractivity contribution in [1.29, 1.82) is 0 Å². The molecule has 0 aromatic carbocycles. The Kier molecular flexibility index (Phi) is 4.46. The molecule has 0 saturated carbocycles. The van der Waals surface area contributed by atoms with E-state index in [0.717, 1.165) is 19.6 Å². The van der Waals surface area contributed by atoms with Crippen molar-refractivity contribution in [2.24, 2.45) is 11.8 Å². The first-order valence-corrected chi connectivity index (χ1v) is 11.7. The van der Waals surface area contributed by atoms with Gasteiger partial charge in [0.1, 0.15) is 5.60 Å². The summed E-state index contributed by atoms with van der Waals surface area (Å²) in [5.74, 6) is 1.22. The van der Waals surface area contributed by atoms with E-state index in [1.54, 1.807) is 0 Å². The van der Waals surface area contributed by atoms with E-state index in [0.29, 0.717) is 17.5 Å². The van der Waals surface area contributed by atoms with Crippen LogP contribution in [0.1, 0.15) is 27.2 Å². The lowest BCUT2D eigenvalue weighted by atomic mass is 9.84. The van der Waals surface area contributed by atoms with E-state index < -0.39 is 13.7 Å². The van der Waals surface area contributed by atoms with Crippen molar-refractivity contribution in [3.63, 3.8) is 0 Å². The van der Waals surface area contributed by atoms with Gasteiger partial charge in [0, 0.05) is 25.3 Å². The standard InChI is InChI=1S/C16H32N2O2Si/c1-16(2,3)20-15(19)18-10-12-8-13(11-17(4)9-12)14(18)21(5,6)7/h12-14H,8-11H2,1-7H3/t12-,13+,14-/m1/s1. The fraction of sp³-hybridized carbons (Fsp3) is 0.938. The van der Waals surface area contributed by atoms with Crippen LogP contribution in [0.15, 0.2) is 0 Å². The van der Waals surface area contributed by atoms with Gasteiger partial charge in [0.15, 0.2) is 0 Å². The molecule has 2 rings (SSSR count). The summed E-state index contributed by atoms with van der Waals surface area (Å²) >= 11 is 0. The first kappa shape index (κ1) is 16.8. The molecular formula is C16H32N2O2Si. The van der Waals surface area contributed by atoms with Gasteiger partial charge in [-0.25, -0.2) is 4.79 Å². The second-order valence-electron chi connectivity index (χ2n) is 9.03. The zero-order valence-corrected chi connectivity index (χ0v) is 15.8. The van der Waals surface area contributed by atoms with Gasteiger partial charge >= 0.3 is 6.09 Å². The lowest BCUT2D eigenvalue weighted by Crippen LogP contribution is -2.66. The average Bonchev–Trinajstić information content (AvgIpc) is 2.22. The van der Waals surface area contributed by atoms with Crippen LogP contribution in [0.25, 0.3) is 0 Å². The number of amides is 1. The van der Waals surface area contributed by atoms with Gasteiger partial charge < -0.3 is 14.5 Å². The van der Waals surface area contributed by atoms with Crippen LogP contribution in [0.2, 0.25) is 19.6 Å². The lowest BCUT2D eigenvalue weighted by Gasteiger charge is -2.53. The van der Waals surface area contributed by atoms with Gasteiger partial charge in [0.25, 0.3) is 0 Å². The van der Waals surface area contributed by atoms with Gasteiger partial charge in [0.05, 0.1) is 8.07 Å². The van der Waals surface area contributed by atoms with Gasteiger partial charge in [-0.1, -0.05) is 19.6 Å². The van der Waals surface area contributed by atoms with E-state index in [4.69, 9.17) is 4.74 Å². The number of hydrogen-bond donors (Lipinski definition) is 0. The van der Waals surface area contributed by atoms with E-state index in [1.165, 1.54) is 6.42 Å². The fourth-order valence-corrected chi connectivity index (χ4v) is 6.98. The second-order valence-corrected chi connectivity index (χ2v) is 14.4. The Hall–Kier alpha value is -0.553. The lowest BCUT2D eigenvalue weighted by molar-refractivity contribution is -0.0168. The third kappa shape index (κ3) is 4.00. The van der Waals surface area contributed by atoms with Crippen molar-refractivity contribution in [1.82, 2.24) is 9.80 Å². The number of likely N-dealkylation sites (tertiary alicyclic amines) is 2. The molecule has 2 aliphatic rings. The quantitative estimate of drug-likeness (QED) is 0.698. The molecule has 5 heteroatoms. The average molecular weight is 313 g/mol. The summed E-state index contributed by atoms with van der Waals surface area (Å²) in [7, 11) is 0.743. The molecule has 21 heavy (non-hydrogen) atoms. The highest BCUT2D eigenvalue weighted by molar-refractivity contribution is 6.77. The number of nitrogens with zero attached hydrogens (tertiary/aromatic N) is 2. The molecule has 0 aromatic rings. The Morgan fingerprint density at radius 3 is 2.29 bits per heavy atom. The van der Waals surface area contributed by atoms with Crippen molar-refractivity contribution in [2.75, 3.05) is 26.7 Å². The van der Waals surface area contributed by atoms with Crippen LogP contribution >= 0.6 is 0 Å². The van der Waals surface area contributed by atoms with Crippen LogP contribution in [0, 0.1) is 11.8 Å². The number of carbonyl (C=O) groups excluding carboxylic acids is 1. The molecule has 4 nitrogen and oxygen atoms in total. The molecule has 0 aliphatic carbocycles. The number of rotatable bonds is 1. The van der Waals surface area contributed by atoms with Crippen molar-refractivity contribution in [3.05, 3.63) is 0 Å². The SMILES string of the molecule is CN1C[C@H]2C[C@@H](C1)[C@@H]([Si](C)(C)C)N(C(=O)OC(C)(C)C)C2. The summed E-state index contributed by atoms with van der Waals surface area (Å²) in [5, 5.41) is 0. The van der Waals surface area contributed by atoms with Crippen molar-refractivity contribution in [2.45, 2.75) is 58.1 Å². The molecule has 2 saturated heterocycles. The molecule has 0 radical (unpaired) electrons. The topological polar surface area (TPSA) is 32.8 Å². The van der Waals surface area contributed by atoms with Crippen LogP contribution in [0.5, 0.6) is 0 Å². The molecule has 2 bridgehead atoms. The van der Waals surface area contributed by atoms with Gasteiger partial charge in [-0.2, -0.15) is 0 Å². The highest BCUT2D eigenvalue weighted by atomic mass is 28.3. The first-order valence-electron chi connectivity index (χ1n) is 8.15. The minimum Gasteiger partial charge on any atom is -0.444 e. The number of fused-ring (bicyclic) bond motifs is 2.